The number of carbonyl (C=O) groups excluding carboxylic acids is 1. The highest BCUT2D eigenvalue weighted by Crippen LogP contribution is 2.40. The van der Waals surface area contributed by atoms with Crippen LogP contribution < -0.4 is 5.32 Å². The Hall–Kier alpha value is -2.17. The smallest absolute Gasteiger partial charge is 0.244 e. The lowest BCUT2D eigenvalue weighted by Crippen LogP contribution is -2.59. The first kappa shape index (κ1) is 20.6. The predicted octanol–water partition coefficient (Wildman–Crippen LogP) is 3.74. The van der Waals surface area contributed by atoms with Crippen LogP contribution in [0.4, 0.5) is 0 Å². The van der Waals surface area contributed by atoms with Gasteiger partial charge >= 0.3 is 0 Å². The maximum atomic E-state index is 13.3. The second kappa shape index (κ2) is 8.06. The average molecular weight is 381 g/mol. The van der Waals surface area contributed by atoms with Crippen LogP contribution in [-0.2, 0) is 17.8 Å². The highest BCUT2D eigenvalue weighted by atomic mass is 16.3. The first-order valence-electron chi connectivity index (χ1n) is 10.1. The largest absolute Gasteiger partial charge is 0.387 e. The molecular weight excluding hydrogens is 348 g/mol. The fourth-order valence-corrected chi connectivity index (χ4v) is 4.03. The molecule has 0 bridgehead atoms. The Morgan fingerprint density at radius 3 is 2.04 bits per heavy atom. The van der Waals surface area contributed by atoms with Crippen LogP contribution in [0.15, 0.2) is 60.7 Å². The van der Waals surface area contributed by atoms with Gasteiger partial charge in [0.05, 0.1) is 11.8 Å². The first-order chi connectivity index (χ1) is 13.2. The zero-order chi connectivity index (χ0) is 20.4. The molecule has 1 fully saturated rings. The normalized spacial score (nSPS) is 22.3. The van der Waals surface area contributed by atoms with E-state index in [-0.39, 0.29) is 12.1 Å². The van der Waals surface area contributed by atoms with Gasteiger partial charge in [0.1, 0.15) is 6.04 Å². The van der Waals surface area contributed by atoms with Crippen molar-refractivity contribution in [1.82, 2.24) is 10.2 Å². The van der Waals surface area contributed by atoms with Crippen LogP contribution in [-0.4, -0.2) is 33.7 Å². The predicted molar refractivity (Wildman–Crippen MR) is 113 cm³/mol. The number of aryl methyl sites for hydroxylation is 1. The summed E-state index contributed by atoms with van der Waals surface area (Å²) in [6.45, 7) is 8.57. The lowest BCUT2D eigenvalue weighted by molar-refractivity contribution is -0.143. The Labute approximate surface area is 168 Å². The van der Waals surface area contributed by atoms with Crippen molar-refractivity contribution in [2.24, 2.45) is 5.41 Å². The summed E-state index contributed by atoms with van der Waals surface area (Å²) >= 11 is 0. The van der Waals surface area contributed by atoms with Crippen LogP contribution in [0.5, 0.6) is 0 Å². The molecule has 2 aromatic carbocycles. The fourth-order valence-electron chi connectivity index (χ4n) is 4.03. The number of amides is 1. The molecule has 0 aliphatic carbocycles. The molecule has 1 aliphatic rings. The Morgan fingerprint density at radius 2 is 1.50 bits per heavy atom. The molecule has 1 saturated heterocycles. The number of aliphatic hydroxyl groups is 1. The molecule has 3 rings (SSSR count). The molecule has 150 valence electrons. The van der Waals surface area contributed by atoms with E-state index in [0.29, 0.717) is 13.0 Å². The summed E-state index contributed by atoms with van der Waals surface area (Å²) < 4.78 is 0. The Kier molecular flexibility index (Phi) is 5.92. The minimum Gasteiger partial charge on any atom is -0.387 e. The van der Waals surface area contributed by atoms with Crippen LogP contribution >= 0.6 is 0 Å². The van der Waals surface area contributed by atoms with Crippen molar-refractivity contribution < 1.29 is 9.90 Å². The Bertz CT molecular complexity index is 785. The van der Waals surface area contributed by atoms with E-state index < -0.39 is 17.1 Å². The van der Waals surface area contributed by atoms with Gasteiger partial charge in [-0.05, 0) is 36.3 Å². The monoisotopic (exact) mass is 380 g/mol. The molecule has 0 saturated carbocycles. The lowest BCUT2D eigenvalue weighted by Gasteiger charge is -2.44. The van der Waals surface area contributed by atoms with Crippen LogP contribution in [0.25, 0.3) is 0 Å². The summed E-state index contributed by atoms with van der Waals surface area (Å²) in [4.78, 5) is 15.2. The molecule has 4 nitrogen and oxygen atoms in total. The van der Waals surface area contributed by atoms with Crippen molar-refractivity contribution in [3.05, 3.63) is 71.8 Å². The molecule has 2 N–H and O–H groups in total. The highest BCUT2D eigenvalue weighted by molar-refractivity contribution is 5.86. The summed E-state index contributed by atoms with van der Waals surface area (Å²) in [7, 11) is 0. The molecule has 1 amide bonds. The van der Waals surface area contributed by atoms with Gasteiger partial charge in [-0.2, -0.15) is 0 Å². The summed E-state index contributed by atoms with van der Waals surface area (Å²) in [5.41, 5.74) is 0.663. The van der Waals surface area contributed by atoms with Crippen LogP contribution in [0, 0.1) is 5.41 Å². The maximum absolute atomic E-state index is 13.3. The van der Waals surface area contributed by atoms with Crippen LogP contribution in [0.3, 0.4) is 0 Å². The minimum atomic E-state index is -1.15. The maximum Gasteiger partial charge on any atom is 0.244 e. The van der Waals surface area contributed by atoms with Crippen molar-refractivity contribution >= 4 is 5.91 Å². The van der Waals surface area contributed by atoms with E-state index in [4.69, 9.17) is 0 Å². The number of rotatable bonds is 6. The molecule has 28 heavy (non-hydrogen) atoms. The Balaban J connectivity index is 1.81. The van der Waals surface area contributed by atoms with Gasteiger partial charge in [0.25, 0.3) is 0 Å². The SMILES string of the molecule is CC1N[C@@H]([C@@](O)(CCc2ccccc2)C(C)(C)C)C(=O)N1Cc1ccccc1. The fraction of sp³-hybridized carbons (Fsp3) is 0.458. The van der Waals surface area contributed by atoms with Gasteiger partial charge in [0.2, 0.25) is 5.91 Å². The van der Waals surface area contributed by atoms with Gasteiger partial charge in [0.15, 0.2) is 0 Å². The molecule has 1 aliphatic heterocycles. The zero-order valence-electron chi connectivity index (χ0n) is 17.4. The third kappa shape index (κ3) is 4.13. The molecule has 0 spiro atoms. The first-order valence-corrected chi connectivity index (χ1v) is 10.1. The lowest BCUT2D eigenvalue weighted by atomic mass is 9.69. The molecule has 3 atom stereocenters. The topological polar surface area (TPSA) is 52.6 Å². The number of hydrogen-bond acceptors (Lipinski definition) is 3. The highest BCUT2D eigenvalue weighted by Gasteiger charge is 2.54. The molecule has 1 heterocycles. The molecule has 4 heteroatoms. The summed E-state index contributed by atoms with van der Waals surface area (Å²) in [5, 5.41) is 15.2. The quantitative estimate of drug-likeness (QED) is 0.803. The standard InChI is InChI=1S/C24H32N2O2/c1-18-25-21(22(27)26(18)17-20-13-9-6-10-14-20)24(28,23(2,3)4)16-15-19-11-7-5-8-12-19/h5-14,18,21,25,28H,15-17H2,1-4H3/t18?,21-,24+/m1/s1. The van der Waals surface area contributed by atoms with Gasteiger partial charge in [-0.1, -0.05) is 81.4 Å². The van der Waals surface area contributed by atoms with Crippen molar-refractivity contribution in [1.29, 1.82) is 0 Å². The molecule has 2 aromatic rings. The van der Waals surface area contributed by atoms with Crippen molar-refractivity contribution in [2.45, 2.75) is 64.9 Å². The summed E-state index contributed by atoms with van der Waals surface area (Å²) in [5.74, 6) is -0.0261. The summed E-state index contributed by atoms with van der Waals surface area (Å²) in [6, 6.07) is 19.5. The van der Waals surface area contributed by atoms with Crippen molar-refractivity contribution in [3.8, 4) is 0 Å². The Morgan fingerprint density at radius 1 is 0.964 bits per heavy atom. The third-order valence-corrected chi connectivity index (χ3v) is 6.02. The second-order valence-corrected chi connectivity index (χ2v) is 8.89. The van der Waals surface area contributed by atoms with E-state index >= 15 is 0 Å². The van der Waals surface area contributed by atoms with Crippen LogP contribution in [0.1, 0.15) is 45.2 Å². The van der Waals surface area contributed by atoms with E-state index in [9.17, 15) is 9.90 Å². The number of hydrogen-bond donors (Lipinski definition) is 2. The average Bonchev–Trinajstić information content (AvgIpc) is 2.95. The number of nitrogens with one attached hydrogen (secondary N) is 1. The van der Waals surface area contributed by atoms with Gasteiger partial charge in [-0.15, -0.1) is 0 Å². The number of carbonyl (C=O) groups is 1. The van der Waals surface area contributed by atoms with E-state index in [1.165, 1.54) is 5.56 Å². The molecule has 0 aromatic heterocycles. The molecule has 0 radical (unpaired) electrons. The van der Waals surface area contributed by atoms with Crippen molar-refractivity contribution in [2.75, 3.05) is 0 Å². The second-order valence-electron chi connectivity index (χ2n) is 8.89. The number of nitrogens with zero attached hydrogens (tertiary/aromatic N) is 1. The van der Waals surface area contributed by atoms with Crippen molar-refractivity contribution in [3.63, 3.8) is 0 Å². The van der Waals surface area contributed by atoms with E-state index in [2.05, 4.69) is 17.4 Å². The molecule has 1 unspecified atom stereocenters. The molecular formula is C24H32N2O2. The van der Waals surface area contributed by atoms with E-state index in [1.54, 1.807) is 0 Å². The van der Waals surface area contributed by atoms with E-state index in [0.717, 1.165) is 12.0 Å². The van der Waals surface area contributed by atoms with Gasteiger partial charge in [-0.3, -0.25) is 10.1 Å². The van der Waals surface area contributed by atoms with Gasteiger partial charge in [0, 0.05) is 6.54 Å². The summed E-state index contributed by atoms with van der Waals surface area (Å²) in [6.07, 6.45) is 1.13. The zero-order valence-corrected chi connectivity index (χ0v) is 17.4. The van der Waals surface area contributed by atoms with Crippen LogP contribution in [0.2, 0.25) is 0 Å². The van der Waals surface area contributed by atoms with Gasteiger partial charge < -0.3 is 10.0 Å². The minimum absolute atomic E-state index is 0.0261. The van der Waals surface area contributed by atoms with E-state index in [1.807, 2.05) is 81.1 Å². The number of benzene rings is 2. The van der Waals surface area contributed by atoms with Gasteiger partial charge in [-0.25, -0.2) is 0 Å². The third-order valence-electron chi connectivity index (χ3n) is 6.02.